The molecule has 0 aliphatic heterocycles. The average molecular weight is 396 g/mol. The minimum absolute atomic E-state index is 0.132. The van der Waals surface area contributed by atoms with Gasteiger partial charge in [0.15, 0.2) is 0 Å². The van der Waals surface area contributed by atoms with Crippen molar-refractivity contribution in [2.45, 2.75) is 59.6 Å². The summed E-state index contributed by atoms with van der Waals surface area (Å²) >= 11 is 0. The predicted molar refractivity (Wildman–Crippen MR) is 104 cm³/mol. The number of aryl methyl sites for hydroxylation is 2. The second-order valence-electron chi connectivity index (χ2n) is 7.04. The van der Waals surface area contributed by atoms with Crippen LogP contribution in [0, 0.1) is 13.8 Å². The Morgan fingerprint density at radius 2 is 1.89 bits per heavy atom. The van der Waals surface area contributed by atoms with Crippen molar-refractivity contribution >= 4 is 6.41 Å². The fourth-order valence-corrected chi connectivity index (χ4v) is 2.60. The van der Waals surface area contributed by atoms with Crippen LogP contribution in [0.25, 0.3) is 0 Å². The van der Waals surface area contributed by atoms with Crippen molar-refractivity contribution in [3.63, 3.8) is 0 Å². The molecule has 0 unspecified atom stereocenters. The maximum absolute atomic E-state index is 11.9. The smallest absolute Gasteiger partial charge is 0.242 e. The summed E-state index contributed by atoms with van der Waals surface area (Å²) in [6, 6.07) is 7.22. The lowest BCUT2D eigenvalue weighted by Gasteiger charge is -2.14. The van der Waals surface area contributed by atoms with Crippen LogP contribution in [-0.2, 0) is 23.4 Å². The van der Waals surface area contributed by atoms with E-state index in [0.29, 0.717) is 31.0 Å². The first-order valence-electron chi connectivity index (χ1n) is 9.25. The van der Waals surface area contributed by atoms with Gasteiger partial charge in [-0.05, 0) is 45.7 Å². The molecule has 156 valence electrons. The summed E-state index contributed by atoms with van der Waals surface area (Å²) in [6.07, 6.45) is -1.56. The van der Waals surface area contributed by atoms with E-state index >= 15 is 0 Å². The average Bonchev–Trinajstić information content (AvgIpc) is 2.99. The largest absolute Gasteiger partial charge is 0.384 e. The van der Waals surface area contributed by atoms with Gasteiger partial charge >= 0.3 is 0 Å². The number of aliphatic hydroxyl groups is 1. The fourth-order valence-electron chi connectivity index (χ4n) is 2.60. The highest BCUT2D eigenvalue weighted by Crippen LogP contribution is 2.19. The molecular weight excluding hydrogens is 366 g/mol. The molecule has 1 aromatic heterocycles. The van der Waals surface area contributed by atoms with Crippen LogP contribution in [0.1, 0.15) is 43.3 Å². The van der Waals surface area contributed by atoms with Crippen LogP contribution in [0.4, 0.5) is 8.78 Å². The highest BCUT2D eigenvalue weighted by molar-refractivity contribution is 5.46. The maximum Gasteiger partial charge on any atom is 0.242 e. The maximum atomic E-state index is 11.9. The summed E-state index contributed by atoms with van der Waals surface area (Å²) in [7, 11) is 0. The van der Waals surface area contributed by atoms with E-state index in [-0.39, 0.29) is 6.42 Å². The van der Waals surface area contributed by atoms with Gasteiger partial charge in [0.1, 0.15) is 11.3 Å². The van der Waals surface area contributed by atoms with Gasteiger partial charge in [0.2, 0.25) is 12.8 Å². The zero-order valence-electron chi connectivity index (χ0n) is 17.2. The molecule has 0 saturated heterocycles. The normalized spacial score (nSPS) is 11.2. The van der Waals surface area contributed by atoms with Gasteiger partial charge in [-0.25, -0.2) is 8.78 Å². The lowest BCUT2D eigenvalue weighted by molar-refractivity contribution is -0.118. The monoisotopic (exact) mass is 396 g/mol. The van der Waals surface area contributed by atoms with Gasteiger partial charge in [0, 0.05) is 19.5 Å². The Kier molecular flexibility index (Phi) is 9.18. The number of halogens is 2. The minimum Gasteiger partial charge on any atom is -0.384 e. The molecule has 0 spiro atoms. The zero-order valence-corrected chi connectivity index (χ0v) is 17.2. The van der Waals surface area contributed by atoms with Crippen LogP contribution in [0.5, 0.6) is 0 Å². The van der Waals surface area contributed by atoms with Crippen LogP contribution in [0.15, 0.2) is 24.3 Å². The number of aromatic nitrogens is 3. The fraction of sp³-hybridized carbons (Fsp3) is 0.550. The molecule has 0 aliphatic carbocycles. The van der Waals surface area contributed by atoms with Crippen LogP contribution >= 0.6 is 0 Å². The molecule has 28 heavy (non-hydrogen) atoms. The third-order valence-corrected chi connectivity index (χ3v) is 4.18. The molecule has 0 atom stereocenters. The molecule has 0 radical (unpaired) electrons. The van der Waals surface area contributed by atoms with Gasteiger partial charge in [-0.3, -0.25) is 4.79 Å². The van der Waals surface area contributed by atoms with Crippen molar-refractivity contribution in [1.29, 1.82) is 0 Å². The molecule has 1 N–H and O–H groups in total. The molecule has 0 bridgehead atoms. The van der Waals surface area contributed by atoms with Crippen LogP contribution in [0.3, 0.4) is 0 Å². The third-order valence-electron chi connectivity index (χ3n) is 4.18. The van der Waals surface area contributed by atoms with Crippen LogP contribution < -0.4 is 0 Å². The number of nitrogens with zero attached hydrogens (tertiary/aromatic N) is 4. The number of alkyl halides is 2. The van der Waals surface area contributed by atoms with Crippen molar-refractivity contribution in [2.75, 3.05) is 13.1 Å². The second-order valence-corrected chi connectivity index (χ2v) is 7.04. The van der Waals surface area contributed by atoms with Crippen LogP contribution in [-0.4, -0.2) is 50.9 Å². The zero-order chi connectivity index (χ0) is 21.3. The molecule has 2 rings (SSSR count). The number of benzene rings is 1. The Labute approximate surface area is 165 Å². The number of carbonyl (C=O) groups excluding carboxylic acids is 1. The summed E-state index contributed by atoms with van der Waals surface area (Å²) < 4.78 is 23.8. The summed E-state index contributed by atoms with van der Waals surface area (Å²) in [4.78, 5) is 13.8. The Bertz CT molecular complexity index is 742. The van der Waals surface area contributed by atoms with Gasteiger partial charge in [-0.15, -0.1) is 0 Å². The van der Waals surface area contributed by atoms with Crippen molar-refractivity contribution < 1.29 is 18.7 Å². The summed E-state index contributed by atoms with van der Waals surface area (Å²) in [5.41, 5.74) is 1.98. The lowest BCUT2D eigenvalue weighted by atomic mass is 10.0. The van der Waals surface area contributed by atoms with E-state index in [1.807, 2.05) is 32.9 Å². The van der Waals surface area contributed by atoms with Crippen molar-refractivity contribution in [3.05, 3.63) is 46.8 Å². The molecule has 1 amide bonds. The van der Waals surface area contributed by atoms with E-state index in [1.165, 1.54) is 4.80 Å². The Balaban J connectivity index is 0.000000307. The van der Waals surface area contributed by atoms with E-state index in [9.17, 15) is 18.7 Å². The quantitative estimate of drug-likeness (QED) is 0.696. The first-order chi connectivity index (χ1) is 13.1. The molecule has 8 heteroatoms. The lowest BCUT2D eigenvalue weighted by Crippen LogP contribution is -2.26. The minimum atomic E-state index is -2.24. The molecular formula is C20H30F2N4O2. The molecule has 2 aromatic rings. The first-order valence-corrected chi connectivity index (χ1v) is 9.25. The standard InChI is InChI=1S/C11H20N4O2.C9H10F2/c1-5-14(8-16)6-7-15-12-9(2)10(13-15)11(3,4)17;1-7-4-2-3-5-8(7)6-9(10)11/h8,17H,5-7H2,1-4H3;2-5,9H,6H2,1H3. The van der Waals surface area contributed by atoms with Gasteiger partial charge in [0.05, 0.1) is 12.2 Å². The highest BCUT2D eigenvalue weighted by atomic mass is 19.3. The number of rotatable bonds is 8. The van der Waals surface area contributed by atoms with E-state index < -0.39 is 12.0 Å². The van der Waals surface area contributed by atoms with E-state index in [2.05, 4.69) is 10.2 Å². The van der Waals surface area contributed by atoms with Gasteiger partial charge < -0.3 is 10.0 Å². The van der Waals surface area contributed by atoms with E-state index in [4.69, 9.17) is 0 Å². The third kappa shape index (κ3) is 7.72. The van der Waals surface area contributed by atoms with Crippen LogP contribution in [0.2, 0.25) is 0 Å². The summed E-state index contributed by atoms with van der Waals surface area (Å²) in [5.74, 6) is 0. The summed E-state index contributed by atoms with van der Waals surface area (Å²) in [5, 5.41) is 18.3. The Morgan fingerprint density at radius 1 is 1.25 bits per heavy atom. The van der Waals surface area contributed by atoms with Crippen molar-refractivity contribution in [2.24, 2.45) is 0 Å². The van der Waals surface area contributed by atoms with Crippen molar-refractivity contribution in [1.82, 2.24) is 19.9 Å². The number of carbonyl (C=O) groups is 1. The van der Waals surface area contributed by atoms with Crippen molar-refractivity contribution in [3.8, 4) is 0 Å². The molecule has 0 aliphatic rings. The SMILES string of the molecule is CCN(C=O)CCn1nc(C)c(C(C)(C)O)n1.Cc1ccccc1CC(F)F. The first kappa shape index (κ1) is 23.7. The topological polar surface area (TPSA) is 71.2 Å². The van der Waals surface area contributed by atoms with E-state index in [1.54, 1.807) is 30.9 Å². The highest BCUT2D eigenvalue weighted by Gasteiger charge is 2.23. The number of hydrogen-bond acceptors (Lipinski definition) is 4. The Hall–Kier alpha value is -2.35. The number of amides is 1. The molecule has 1 aromatic carbocycles. The molecule has 6 nitrogen and oxygen atoms in total. The van der Waals surface area contributed by atoms with Gasteiger partial charge in [-0.1, -0.05) is 24.3 Å². The van der Waals surface area contributed by atoms with Gasteiger partial charge in [0.25, 0.3) is 0 Å². The van der Waals surface area contributed by atoms with E-state index in [0.717, 1.165) is 17.5 Å². The molecule has 0 fully saturated rings. The second kappa shape index (κ2) is 10.8. The summed E-state index contributed by atoms with van der Waals surface area (Å²) in [6.45, 7) is 10.7. The molecule has 0 saturated carbocycles. The molecule has 1 heterocycles. The Morgan fingerprint density at radius 3 is 2.36 bits per heavy atom. The number of likely N-dealkylation sites (N-methyl/N-ethyl adjacent to an activating group) is 1. The predicted octanol–water partition coefficient (Wildman–Crippen LogP) is 3.09. The number of hydrogen-bond donors (Lipinski definition) is 1. The van der Waals surface area contributed by atoms with Gasteiger partial charge in [-0.2, -0.15) is 15.0 Å².